The van der Waals surface area contributed by atoms with Crippen LogP contribution in [-0.2, 0) is 30.2 Å². The fourth-order valence-corrected chi connectivity index (χ4v) is 7.23. The summed E-state index contributed by atoms with van der Waals surface area (Å²) in [5.74, 6) is 0. The van der Waals surface area contributed by atoms with Crippen molar-refractivity contribution < 1.29 is 23.7 Å². The Kier molecular flexibility index (Phi) is 14.9. The number of unbranched alkanes of at least 4 members (excludes halogenated alkanes) is 4. The Morgan fingerprint density at radius 1 is 0.729 bits per heavy atom. The predicted molar refractivity (Wildman–Crippen MR) is 196 cm³/mol. The van der Waals surface area contributed by atoms with Gasteiger partial charge >= 0.3 is 0 Å². The average molecular weight is 677 g/mol. The van der Waals surface area contributed by atoms with Crippen LogP contribution in [0.1, 0.15) is 95.7 Å². The number of ether oxygens (including phenoxy) is 5. The van der Waals surface area contributed by atoms with Crippen LogP contribution in [0.25, 0.3) is 21.3 Å². The van der Waals surface area contributed by atoms with Gasteiger partial charge in [0.25, 0.3) is 0 Å². The van der Waals surface area contributed by atoms with Crippen LogP contribution in [0.5, 0.6) is 0 Å². The molecule has 1 aliphatic rings. The molecule has 0 amide bonds. The topological polar surface area (TPSA) is 64.0 Å². The number of para-hydroxylation sites is 1. The highest BCUT2D eigenvalue weighted by Gasteiger charge is 2.49. The van der Waals surface area contributed by atoms with Gasteiger partial charge in [-0.25, -0.2) is 4.98 Å². The lowest BCUT2D eigenvalue weighted by molar-refractivity contribution is -0.268. The standard InChI is InChI=1S/C40H56N2O5S/c1-5-9-22-43-29-34-38(44-23-10-6-2)40(46-25-12-8-4)39(45-24-11-7-3)37(47-34)32-27-42(33-21-17-16-20-31(32)33)28-36-41-26-35(48-36)30-18-14-13-15-19-30/h13-21,26-27,34,37-40H,5-12,22-25,28-29H2,1-4H3/t34-,37+,38-,39+,40+/m1/s1. The Bertz CT molecular complexity index is 1470. The zero-order valence-electron chi connectivity index (χ0n) is 29.5. The van der Waals surface area contributed by atoms with Gasteiger partial charge < -0.3 is 28.3 Å². The van der Waals surface area contributed by atoms with E-state index in [1.54, 1.807) is 11.3 Å². The van der Waals surface area contributed by atoms with E-state index in [9.17, 15) is 0 Å². The average Bonchev–Trinajstić information content (AvgIpc) is 3.74. The summed E-state index contributed by atoms with van der Waals surface area (Å²) >= 11 is 1.74. The normalized spacial score (nSPS) is 21.3. The summed E-state index contributed by atoms with van der Waals surface area (Å²) in [4.78, 5) is 6.01. The van der Waals surface area contributed by atoms with E-state index < -0.39 is 0 Å². The molecule has 5 rings (SSSR count). The smallest absolute Gasteiger partial charge is 0.117 e. The van der Waals surface area contributed by atoms with Crippen LogP contribution >= 0.6 is 11.3 Å². The van der Waals surface area contributed by atoms with Crippen LogP contribution in [-0.4, -0.2) is 67.0 Å². The third kappa shape index (κ3) is 9.55. The maximum absolute atomic E-state index is 7.13. The van der Waals surface area contributed by atoms with E-state index in [4.69, 9.17) is 28.7 Å². The molecule has 1 aliphatic heterocycles. The lowest BCUT2D eigenvalue weighted by Crippen LogP contribution is -2.58. The van der Waals surface area contributed by atoms with Crippen molar-refractivity contribution in [2.45, 2.75) is 116 Å². The van der Waals surface area contributed by atoms with Gasteiger partial charge in [-0.2, -0.15) is 0 Å². The Hall–Kier alpha value is -2.59. The van der Waals surface area contributed by atoms with E-state index in [0.717, 1.165) is 72.8 Å². The summed E-state index contributed by atoms with van der Waals surface area (Å²) in [5.41, 5.74) is 3.46. The summed E-state index contributed by atoms with van der Waals surface area (Å²) < 4.78 is 35.9. The van der Waals surface area contributed by atoms with Crippen LogP contribution in [0.2, 0.25) is 0 Å². The zero-order valence-corrected chi connectivity index (χ0v) is 30.3. The number of rotatable bonds is 21. The van der Waals surface area contributed by atoms with E-state index in [1.165, 1.54) is 10.4 Å². The van der Waals surface area contributed by atoms with Crippen LogP contribution in [0, 0.1) is 0 Å². The van der Waals surface area contributed by atoms with E-state index in [2.05, 4.69) is 87.0 Å². The van der Waals surface area contributed by atoms with Crippen molar-refractivity contribution in [1.29, 1.82) is 0 Å². The molecule has 48 heavy (non-hydrogen) atoms. The molecule has 1 saturated heterocycles. The molecule has 1 fully saturated rings. The van der Waals surface area contributed by atoms with E-state index in [0.29, 0.717) is 39.6 Å². The van der Waals surface area contributed by atoms with E-state index in [1.807, 2.05) is 12.3 Å². The fourth-order valence-electron chi connectivity index (χ4n) is 6.31. The Balaban J connectivity index is 1.51. The highest BCUT2D eigenvalue weighted by Crippen LogP contribution is 2.41. The lowest BCUT2D eigenvalue weighted by atomic mass is 9.90. The van der Waals surface area contributed by atoms with Crippen LogP contribution in [0.15, 0.2) is 67.0 Å². The first kappa shape index (κ1) is 36.7. The Morgan fingerprint density at radius 3 is 2.06 bits per heavy atom. The summed E-state index contributed by atoms with van der Waals surface area (Å²) in [7, 11) is 0. The van der Waals surface area contributed by atoms with Crippen LogP contribution in [0.3, 0.4) is 0 Å². The van der Waals surface area contributed by atoms with E-state index in [-0.39, 0.29) is 30.5 Å². The van der Waals surface area contributed by atoms with Crippen molar-refractivity contribution in [3.05, 3.63) is 77.6 Å². The molecule has 0 aliphatic carbocycles. The second kappa shape index (κ2) is 19.6. The molecule has 2 aromatic carbocycles. The molecule has 262 valence electrons. The van der Waals surface area contributed by atoms with E-state index >= 15 is 0 Å². The molecular weight excluding hydrogens is 621 g/mol. The zero-order chi connectivity index (χ0) is 33.6. The first-order valence-corrected chi connectivity index (χ1v) is 19.2. The molecule has 0 radical (unpaired) electrons. The largest absolute Gasteiger partial charge is 0.379 e. The number of nitrogens with zero attached hydrogens (tertiary/aromatic N) is 2. The second-order valence-electron chi connectivity index (χ2n) is 12.8. The van der Waals surface area contributed by atoms with Crippen LogP contribution in [0.4, 0.5) is 0 Å². The van der Waals surface area contributed by atoms with Crippen molar-refractivity contribution in [1.82, 2.24) is 9.55 Å². The SMILES string of the molecule is CCCCOC[C@H]1O[C@@H](c2cn(Cc3ncc(-c4ccccc4)s3)c3ccccc23)[C@H](OCCCC)[C@@H](OCCCC)[C@@H]1OCCCC. The molecule has 0 spiro atoms. The molecule has 0 saturated carbocycles. The number of hydrogen-bond donors (Lipinski definition) is 0. The molecule has 0 N–H and O–H groups in total. The van der Waals surface area contributed by atoms with Gasteiger partial charge in [-0.1, -0.05) is 102 Å². The minimum absolute atomic E-state index is 0.279. The van der Waals surface area contributed by atoms with Gasteiger partial charge in [0, 0.05) is 55.3 Å². The number of aromatic nitrogens is 2. The second-order valence-corrected chi connectivity index (χ2v) is 13.9. The first-order valence-electron chi connectivity index (χ1n) is 18.3. The highest BCUT2D eigenvalue weighted by molar-refractivity contribution is 7.15. The maximum atomic E-state index is 7.13. The molecule has 8 heteroatoms. The fraction of sp³-hybridized carbons (Fsp3) is 0.575. The van der Waals surface area contributed by atoms with Crippen molar-refractivity contribution in [3.63, 3.8) is 0 Å². The van der Waals surface area contributed by atoms with Gasteiger partial charge in [-0.3, -0.25) is 0 Å². The molecular formula is C40H56N2O5S. The summed E-state index contributed by atoms with van der Waals surface area (Å²) in [6, 6.07) is 19.1. The first-order chi connectivity index (χ1) is 23.7. The minimum Gasteiger partial charge on any atom is -0.379 e. The highest BCUT2D eigenvalue weighted by atomic mass is 32.1. The van der Waals surface area contributed by atoms with Crippen molar-refractivity contribution in [2.75, 3.05) is 33.0 Å². The van der Waals surface area contributed by atoms with Crippen molar-refractivity contribution in [3.8, 4) is 10.4 Å². The molecule has 5 atom stereocenters. The monoisotopic (exact) mass is 676 g/mol. The van der Waals surface area contributed by atoms with Crippen LogP contribution < -0.4 is 0 Å². The van der Waals surface area contributed by atoms with Gasteiger partial charge in [-0.05, 0) is 37.3 Å². The van der Waals surface area contributed by atoms with Gasteiger partial charge in [0.1, 0.15) is 35.5 Å². The Labute approximate surface area is 291 Å². The van der Waals surface area contributed by atoms with Crippen molar-refractivity contribution in [2.24, 2.45) is 0 Å². The summed E-state index contributed by atoms with van der Waals surface area (Å²) in [6.07, 6.45) is 11.0. The quantitative estimate of drug-likeness (QED) is 0.0820. The van der Waals surface area contributed by atoms with Gasteiger partial charge in [0.2, 0.25) is 0 Å². The minimum atomic E-state index is -0.346. The van der Waals surface area contributed by atoms with Gasteiger partial charge in [0.15, 0.2) is 0 Å². The molecule has 2 aromatic heterocycles. The third-order valence-electron chi connectivity index (χ3n) is 9.03. The lowest BCUT2D eigenvalue weighted by Gasteiger charge is -2.46. The third-order valence-corrected chi connectivity index (χ3v) is 10.1. The molecule has 4 aromatic rings. The number of benzene rings is 2. The molecule has 0 unspecified atom stereocenters. The molecule has 0 bridgehead atoms. The van der Waals surface area contributed by atoms with Gasteiger partial charge in [0.05, 0.1) is 18.0 Å². The number of fused-ring (bicyclic) bond motifs is 1. The maximum Gasteiger partial charge on any atom is 0.117 e. The molecule has 7 nitrogen and oxygen atoms in total. The predicted octanol–water partition coefficient (Wildman–Crippen LogP) is 9.63. The number of hydrogen-bond acceptors (Lipinski definition) is 7. The number of thiazole rings is 1. The molecule has 3 heterocycles. The Morgan fingerprint density at radius 2 is 1.35 bits per heavy atom. The van der Waals surface area contributed by atoms with Crippen molar-refractivity contribution >= 4 is 22.2 Å². The summed E-state index contributed by atoms with van der Waals surface area (Å²) in [6.45, 7) is 12.6. The van der Waals surface area contributed by atoms with Gasteiger partial charge in [-0.15, -0.1) is 11.3 Å². The summed E-state index contributed by atoms with van der Waals surface area (Å²) in [5, 5.41) is 2.23.